The predicted octanol–water partition coefficient (Wildman–Crippen LogP) is 4.07. The van der Waals surface area contributed by atoms with Crippen molar-refractivity contribution in [3.8, 4) is 0 Å². The molecule has 162 valence electrons. The number of fused-ring (bicyclic) bond motifs is 1. The molecule has 1 amide bonds. The highest BCUT2D eigenvalue weighted by Crippen LogP contribution is 2.31. The Balaban J connectivity index is 0.00000256. The van der Waals surface area contributed by atoms with Crippen LogP contribution < -0.4 is 4.90 Å². The molecular formula is C20H25BrClN5O2S. The number of aryl methyl sites for hydroxylation is 1. The lowest BCUT2D eigenvalue weighted by Gasteiger charge is -2.27. The molecule has 1 aliphatic heterocycles. The Kier molecular flexibility index (Phi) is 8.24. The van der Waals surface area contributed by atoms with Crippen molar-refractivity contribution < 1.29 is 9.53 Å². The lowest BCUT2D eigenvalue weighted by molar-refractivity contribution is 0.0376. The SMILES string of the molecule is CCn1ccc(C(=O)N(CCCN2CCOCC2)c2nc3ccc(Br)cc3s2)n1.Cl. The van der Waals surface area contributed by atoms with Crippen molar-refractivity contribution in [1.29, 1.82) is 0 Å². The third-order valence-corrected chi connectivity index (χ3v) is 6.49. The van der Waals surface area contributed by atoms with Gasteiger partial charge >= 0.3 is 0 Å². The number of carbonyl (C=O) groups is 1. The van der Waals surface area contributed by atoms with Gasteiger partial charge in [0.05, 0.1) is 23.4 Å². The second-order valence-electron chi connectivity index (χ2n) is 6.93. The molecule has 0 atom stereocenters. The molecule has 1 saturated heterocycles. The predicted molar refractivity (Wildman–Crippen MR) is 126 cm³/mol. The molecular weight excluding hydrogens is 490 g/mol. The zero-order valence-electron chi connectivity index (χ0n) is 16.8. The summed E-state index contributed by atoms with van der Waals surface area (Å²) in [4.78, 5) is 22.2. The number of carbonyl (C=O) groups excluding carboxylic acids is 1. The van der Waals surface area contributed by atoms with E-state index in [0.29, 0.717) is 12.2 Å². The Bertz CT molecular complexity index is 989. The summed E-state index contributed by atoms with van der Waals surface area (Å²) < 4.78 is 9.25. The smallest absolute Gasteiger partial charge is 0.280 e. The molecule has 3 heterocycles. The van der Waals surface area contributed by atoms with Crippen molar-refractivity contribution >= 4 is 60.9 Å². The van der Waals surface area contributed by atoms with Crippen molar-refractivity contribution in [2.24, 2.45) is 0 Å². The van der Waals surface area contributed by atoms with Gasteiger partial charge in [-0.1, -0.05) is 27.3 Å². The number of amides is 1. The topological polar surface area (TPSA) is 63.5 Å². The summed E-state index contributed by atoms with van der Waals surface area (Å²) in [6.07, 6.45) is 2.72. The number of halogens is 2. The summed E-state index contributed by atoms with van der Waals surface area (Å²) >= 11 is 5.05. The highest BCUT2D eigenvalue weighted by Gasteiger charge is 2.23. The van der Waals surface area contributed by atoms with Crippen LogP contribution in [-0.4, -0.2) is 65.0 Å². The monoisotopic (exact) mass is 513 g/mol. The van der Waals surface area contributed by atoms with Gasteiger partial charge in [0.15, 0.2) is 10.8 Å². The molecule has 2 aromatic heterocycles. The van der Waals surface area contributed by atoms with Crippen molar-refractivity contribution in [3.63, 3.8) is 0 Å². The summed E-state index contributed by atoms with van der Waals surface area (Å²) in [5.74, 6) is -0.0997. The van der Waals surface area contributed by atoms with Gasteiger partial charge in [0, 0.05) is 43.4 Å². The Labute approximate surface area is 194 Å². The maximum absolute atomic E-state index is 13.3. The summed E-state index contributed by atoms with van der Waals surface area (Å²) in [6.45, 7) is 7.75. The van der Waals surface area contributed by atoms with Crippen molar-refractivity contribution in [1.82, 2.24) is 19.7 Å². The van der Waals surface area contributed by atoms with Crippen LogP contribution in [0.1, 0.15) is 23.8 Å². The standard InChI is InChI=1S/C20H24BrN5O2S.ClH/c1-2-25-9-6-17(23-25)19(27)26(8-3-7-24-10-12-28-13-11-24)20-22-16-5-4-15(21)14-18(16)29-20;/h4-6,9,14H,2-3,7-8,10-13H2,1H3;1H. The van der Waals surface area contributed by atoms with E-state index in [1.165, 1.54) is 11.3 Å². The first-order valence-corrected chi connectivity index (χ1v) is 11.5. The number of rotatable bonds is 7. The zero-order valence-corrected chi connectivity index (χ0v) is 20.0. The minimum Gasteiger partial charge on any atom is -0.379 e. The number of morpholine rings is 1. The van der Waals surface area contributed by atoms with E-state index < -0.39 is 0 Å². The van der Waals surface area contributed by atoms with Gasteiger partial charge in [-0.05, 0) is 37.6 Å². The van der Waals surface area contributed by atoms with Gasteiger partial charge in [-0.25, -0.2) is 4.98 Å². The van der Waals surface area contributed by atoms with Gasteiger partial charge < -0.3 is 4.74 Å². The van der Waals surface area contributed by atoms with Crippen LogP contribution in [0.25, 0.3) is 10.2 Å². The number of thiazole rings is 1. The highest BCUT2D eigenvalue weighted by atomic mass is 79.9. The highest BCUT2D eigenvalue weighted by molar-refractivity contribution is 9.10. The average Bonchev–Trinajstić information content (AvgIpc) is 3.38. The zero-order chi connectivity index (χ0) is 20.2. The lowest BCUT2D eigenvalue weighted by Crippen LogP contribution is -2.39. The largest absolute Gasteiger partial charge is 0.379 e. The van der Waals surface area contributed by atoms with E-state index in [9.17, 15) is 4.79 Å². The molecule has 0 unspecified atom stereocenters. The average molecular weight is 515 g/mol. The molecule has 1 aromatic carbocycles. The minimum absolute atomic E-state index is 0. The molecule has 0 aliphatic carbocycles. The molecule has 4 rings (SSSR count). The van der Waals surface area contributed by atoms with Gasteiger partial charge in [-0.15, -0.1) is 12.4 Å². The molecule has 3 aromatic rings. The summed E-state index contributed by atoms with van der Waals surface area (Å²) in [6, 6.07) is 7.77. The van der Waals surface area contributed by atoms with E-state index in [-0.39, 0.29) is 18.3 Å². The van der Waals surface area contributed by atoms with Gasteiger partial charge in [0.25, 0.3) is 5.91 Å². The molecule has 7 nitrogen and oxygen atoms in total. The van der Waals surface area contributed by atoms with E-state index in [0.717, 1.165) is 65.6 Å². The molecule has 0 bridgehead atoms. The first-order chi connectivity index (χ1) is 14.1. The van der Waals surface area contributed by atoms with Crippen LogP contribution in [0.5, 0.6) is 0 Å². The molecule has 10 heteroatoms. The maximum Gasteiger partial charge on any atom is 0.280 e. The van der Waals surface area contributed by atoms with E-state index in [1.54, 1.807) is 15.6 Å². The van der Waals surface area contributed by atoms with Crippen LogP contribution in [0.3, 0.4) is 0 Å². The second-order valence-corrected chi connectivity index (χ2v) is 8.85. The second kappa shape index (κ2) is 10.7. The van der Waals surface area contributed by atoms with E-state index >= 15 is 0 Å². The van der Waals surface area contributed by atoms with E-state index in [4.69, 9.17) is 9.72 Å². The Morgan fingerprint density at radius 2 is 2.10 bits per heavy atom. The van der Waals surface area contributed by atoms with Gasteiger partial charge in [-0.2, -0.15) is 5.10 Å². The van der Waals surface area contributed by atoms with Crippen molar-refractivity contribution in [2.45, 2.75) is 19.9 Å². The molecule has 0 N–H and O–H groups in total. The summed E-state index contributed by atoms with van der Waals surface area (Å²) in [5.41, 5.74) is 1.36. The third-order valence-electron chi connectivity index (χ3n) is 4.96. The van der Waals surface area contributed by atoms with Crippen LogP contribution >= 0.6 is 39.7 Å². The van der Waals surface area contributed by atoms with E-state index in [2.05, 4.69) is 25.9 Å². The number of hydrogen-bond acceptors (Lipinski definition) is 6. The Morgan fingerprint density at radius 3 is 2.83 bits per heavy atom. The molecule has 1 fully saturated rings. The first kappa shape index (κ1) is 23.1. The quantitative estimate of drug-likeness (QED) is 0.476. The number of benzene rings is 1. The fourth-order valence-electron chi connectivity index (χ4n) is 3.35. The van der Waals surface area contributed by atoms with Gasteiger partial charge in [-0.3, -0.25) is 19.3 Å². The lowest BCUT2D eigenvalue weighted by atomic mass is 10.3. The van der Waals surface area contributed by atoms with Crippen molar-refractivity contribution in [2.75, 3.05) is 44.3 Å². The van der Waals surface area contributed by atoms with Crippen molar-refractivity contribution in [3.05, 3.63) is 40.6 Å². The van der Waals surface area contributed by atoms with Crippen LogP contribution in [0, 0.1) is 0 Å². The number of aromatic nitrogens is 3. The molecule has 0 radical (unpaired) electrons. The normalized spacial score (nSPS) is 14.6. The Morgan fingerprint density at radius 1 is 1.30 bits per heavy atom. The molecule has 0 spiro atoms. The first-order valence-electron chi connectivity index (χ1n) is 9.85. The maximum atomic E-state index is 13.3. The minimum atomic E-state index is -0.0997. The van der Waals surface area contributed by atoms with Crippen LogP contribution in [0.4, 0.5) is 5.13 Å². The fraction of sp³-hybridized carbons (Fsp3) is 0.450. The molecule has 30 heavy (non-hydrogen) atoms. The number of hydrogen-bond donors (Lipinski definition) is 0. The summed E-state index contributed by atoms with van der Waals surface area (Å²) in [7, 11) is 0. The Hall–Kier alpha value is -1.52. The number of anilines is 1. The number of ether oxygens (including phenoxy) is 1. The van der Waals surface area contributed by atoms with Gasteiger partial charge in [0.1, 0.15) is 0 Å². The van der Waals surface area contributed by atoms with Crippen LogP contribution in [0.15, 0.2) is 34.9 Å². The fourth-order valence-corrected chi connectivity index (χ4v) is 4.89. The van der Waals surface area contributed by atoms with Crippen LogP contribution in [0.2, 0.25) is 0 Å². The molecule has 0 saturated carbocycles. The van der Waals surface area contributed by atoms with Gasteiger partial charge in [0.2, 0.25) is 0 Å². The summed E-state index contributed by atoms with van der Waals surface area (Å²) in [5, 5.41) is 5.13. The number of nitrogens with zero attached hydrogens (tertiary/aromatic N) is 5. The van der Waals surface area contributed by atoms with Crippen LogP contribution in [-0.2, 0) is 11.3 Å². The van der Waals surface area contributed by atoms with E-state index in [1.807, 2.05) is 31.3 Å². The molecule has 1 aliphatic rings. The third kappa shape index (κ3) is 5.39.